The van der Waals surface area contributed by atoms with Crippen LogP contribution in [-0.4, -0.2) is 78.4 Å². The molecule has 3 atom stereocenters. The van der Waals surface area contributed by atoms with Gasteiger partial charge in [0.2, 0.25) is 5.91 Å². The summed E-state index contributed by atoms with van der Waals surface area (Å²) in [4.78, 5) is 31.7. The van der Waals surface area contributed by atoms with E-state index in [0.29, 0.717) is 0 Å². The van der Waals surface area contributed by atoms with Crippen LogP contribution in [0.2, 0.25) is 0 Å². The number of aryl methyl sites for hydroxylation is 1. The third-order valence-corrected chi connectivity index (χ3v) is 3.60. The Balaban J connectivity index is 0. The standard InChI is InChI=1S/C12H18NO8.C7H8.H2NO.V/c14-2-1-13-10(16)7-19-3-4-20-11-6-8(15)5-9(21-11)12(17)18;1-7-5-3-2-4-6-7;1-2;/h8-9,11,15H,1,3-7H2,(H,13,16)(H,17,18);2-6H,1H3;1-2H;/q-1;;-1;+2/t8?,9-,11+;;;/m0.../s1. The molecule has 1 aromatic rings. The van der Waals surface area contributed by atoms with E-state index in [1.165, 1.54) is 11.8 Å². The van der Waals surface area contributed by atoms with E-state index in [4.69, 9.17) is 30.4 Å². The smallest absolute Gasteiger partial charge is 0.553 e. The molecule has 0 spiro atoms. The van der Waals surface area contributed by atoms with Gasteiger partial charge in [0.25, 0.3) is 0 Å². The predicted molar refractivity (Wildman–Crippen MR) is 104 cm³/mol. The maximum absolute atomic E-state index is 11.0. The van der Waals surface area contributed by atoms with E-state index in [2.05, 4.69) is 24.4 Å². The summed E-state index contributed by atoms with van der Waals surface area (Å²) >= 11 is 0. The first-order valence-corrected chi connectivity index (χ1v) is 9.03. The second-order valence-electron chi connectivity index (χ2n) is 6.02. The topological polar surface area (TPSA) is 175 Å². The third kappa shape index (κ3) is 16.5. The molecule has 2 rings (SSSR count). The maximum atomic E-state index is 11.0. The molecule has 1 aromatic carbocycles. The van der Waals surface area contributed by atoms with Crippen LogP contribution in [0.3, 0.4) is 0 Å². The number of rotatable bonds is 9. The van der Waals surface area contributed by atoms with E-state index in [1.54, 1.807) is 0 Å². The number of carbonyl (C=O) groups is 2. The van der Waals surface area contributed by atoms with Crippen molar-refractivity contribution in [3.05, 3.63) is 41.8 Å². The van der Waals surface area contributed by atoms with E-state index in [9.17, 15) is 19.5 Å². The summed E-state index contributed by atoms with van der Waals surface area (Å²) in [6.45, 7) is 1.84. The van der Waals surface area contributed by atoms with E-state index < -0.39 is 30.4 Å². The minimum atomic E-state index is -1.15. The monoisotopic (exact) mass is 479 g/mol. The normalized spacial score (nSPS) is 19.3. The Morgan fingerprint density at radius 3 is 2.39 bits per heavy atom. The summed E-state index contributed by atoms with van der Waals surface area (Å²) in [6.07, 6.45) is -0.993. The van der Waals surface area contributed by atoms with Gasteiger partial charge in [0.15, 0.2) is 12.4 Å². The van der Waals surface area contributed by atoms with Crippen molar-refractivity contribution in [1.29, 1.82) is 0 Å². The van der Waals surface area contributed by atoms with Crippen molar-refractivity contribution >= 4 is 18.2 Å². The van der Waals surface area contributed by atoms with Crippen molar-refractivity contribution in [3.8, 4) is 0 Å². The second kappa shape index (κ2) is 20.1. The van der Waals surface area contributed by atoms with Gasteiger partial charge in [-0.2, -0.15) is 0 Å². The van der Waals surface area contributed by atoms with Gasteiger partial charge in [-0.3, -0.25) is 4.79 Å². The molecule has 1 unspecified atom stereocenters. The Hall–Kier alpha value is -1.83. The van der Waals surface area contributed by atoms with Crippen molar-refractivity contribution < 1.29 is 62.6 Å². The summed E-state index contributed by atoms with van der Waals surface area (Å²) in [6, 6.07) is 10.3. The number of aliphatic carboxylic acids is 1. The first-order valence-electron chi connectivity index (χ1n) is 9.03. The predicted octanol–water partition coefficient (Wildman–Crippen LogP) is 0.616. The number of carboxylic acid groups (broad SMARTS) is 1. The van der Waals surface area contributed by atoms with Crippen molar-refractivity contribution in [2.24, 2.45) is 0 Å². The van der Waals surface area contributed by atoms with Crippen molar-refractivity contribution in [2.45, 2.75) is 38.3 Å². The van der Waals surface area contributed by atoms with E-state index in [1.807, 2.05) is 18.2 Å². The van der Waals surface area contributed by atoms with Gasteiger partial charge in [-0.05, 0) is 6.92 Å². The Labute approximate surface area is 192 Å². The van der Waals surface area contributed by atoms with Gasteiger partial charge in [-0.15, -0.1) is 0 Å². The van der Waals surface area contributed by atoms with Crippen LogP contribution in [0.4, 0.5) is 0 Å². The van der Waals surface area contributed by atoms with Gasteiger partial charge in [0, 0.05) is 12.8 Å². The molecule has 0 aromatic heterocycles. The van der Waals surface area contributed by atoms with Crippen LogP contribution in [0.1, 0.15) is 18.4 Å². The van der Waals surface area contributed by atoms with Crippen LogP contribution in [0.25, 0.3) is 5.90 Å². The summed E-state index contributed by atoms with van der Waals surface area (Å²) in [5, 5.41) is 26.8. The quantitative estimate of drug-likeness (QED) is 0.225. The van der Waals surface area contributed by atoms with E-state index >= 15 is 0 Å². The minimum absolute atomic E-state index is 0. The molecule has 5 N–H and O–H groups in total. The summed E-state index contributed by atoms with van der Waals surface area (Å²) in [7, 11) is 0. The molecule has 1 aliphatic heterocycles. The van der Waals surface area contributed by atoms with Crippen molar-refractivity contribution in [1.82, 2.24) is 5.32 Å². The maximum Gasteiger partial charge on any atom is 2.00 e. The zero-order valence-electron chi connectivity index (χ0n) is 17.1. The van der Waals surface area contributed by atoms with Crippen molar-refractivity contribution in [3.63, 3.8) is 0 Å². The van der Waals surface area contributed by atoms with Gasteiger partial charge in [-0.1, -0.05) is 42.4 Å². The molecule has 0 aliphatic carbocycles. The number of hydrogen-bond acceptors (Lipinski definition) is 8. The zero-order chi connectivity index (χ0) is 22.8. The van der Waals surface area contributed by atoms with E-state index in [-0.39, 0.29) is 57.8 Å². The van der Waals surface area contributed by atoms with Crippen LogP contribution < -0.4 is 5.32 Å². The van der Waals surface area contributed by atoms with Crippen LogP contribution in [-0.2, 0) is 47.1 Å². The molecule has 1 aliphatic rings. The van der Waals surface area contributed by atoms with Crippen LogP contribution >= 0.6 is 0 Å². The van der Waals surface area contributed by atoms with Gasteiger partial charge < -0.3 is 45.6 Å². The Morgan fingerprint density at radius 1 is 1.23 bits per heavy atom. The zero-order valence-corrected chi connectivity index (χ0v) is 18.5. The summed E-state index contributed by atoms with van der Waals surface area (Å²) in [5.41, 5.74) is 1.32. The number of hydrogen-bond donors (Lipinski definition) is 4. The fourth-order valence-electron chi connectivity index (χ4n) is 2.25. The third-order valence-electron chi connectivity index (χ3n) is 3.60. The first-order chi connectivity index (χ1) is 14.4. The average molecular weight is 479 g/mol. The molecule has 0 bridgehead atoms. The first kappa shape index (κ1) is 31.4. The fraction of sp³-hybridized carbons (Fsp3) is 0.526. The largest absolute Gasteiger partial charge is 2.00 e. The minimum Gasteiger partial charge on any atom is -0.553 e. The number of nitrogens with one attached hydrogen (secondary N) is 2. The van der Waals surface area contributed by atoms with Gasteiger partial charge in [-0.25, -0.2) is 11.1 Å². The van der Waals surface area contributed by atoms with E-state index in [0.717, 1.165) is 0 Å². The Morgan fingerprint density at radius 2 is 1.87 bits per heavy atom. The number of ether oxygens (including phenoxy) is 3. The van der Waals surface area contributed by atoms with Gasteiger partial charge >= 0.3 is 24.5 Å². The molecular formula is C19H28N2O9V. The molecule has 0 saturated carbocycles. The van der Waals surface area contributed by atoms with Gasteiger partial charge in [0.1, 0.15) is 6.61 Å². The molecular weight excluding hydrogens is 451 g/mol. The molecule has 1 heterocycles. The number of benzene rings is 1. The molecule has 1 fully saturated rings. The molecule has 11 nitrogen and oxygen atoms in total. The second-order valence-corrected chi connectivity index (χ2v) is 6.02. The molecule has 1 radical (unpaired) electrons. The molecule has 173 valence electrons. The molecule has 31 heavy (non-hydrogen) atoms. The van der Waals surface area contributed by atoms with Crippen LogP contribution in [0.5, 0.6) is 0 Å². The van der Waals surface area contributed by atoms with Crippen LogP contribution in [0.15, 0.2) is 30.3 Å². The average Bonchev–Trinajstić information content (AvgIpc) is 2.74. The number of carbonyl (C=O) groups excluding carboxylic acids is 2. The molecule has 1 amide bonds. The van der Waals surface area contributed by atoms with Crippen LogP contribution in [0, 0.1) is 6.92 Å². The number of amides is 1. The number of aliphatic hydroxyl groups excluding tert-OH is 1. The Kier molecular flexibility index (Phi) is 20.3. The number of carboxylic acids is 1. The van der Waals surface area contributed by atoms with Crippen molar-refractivity contribution in [2.75, 3.05) is 26.4 Å². The molecule has 1 saturated heterocycles. The fourth-order valence-corrected chi connectivity index (χ4v) is 2.25. The summed E-state index contributed by atoms with van der Waals surface area (Å²) in [5.74, 6) is 3.15. The SMILES string of the molecule is Cc1ccccc1.O=[C-]CNC(=O)COCCO[C@H]1CC(O)C[C@@H](C(=O)O)O1.[NH-]O.[V+2]. The number of aliphatic hydroxyl groups is 1. The summed E-state index contributed by atoms with van der Waals surface area (Å²) < 4.78 is 15.4. The molecule has 12 heteroatoms. The Bertz CT molecular complexity index is 607. The van der Waals surface area contributed by atoms with Gasteiger partial charge in [0.05, 0.1) is 19.3 Å².